The zero-order valence-electron chi connectivity index (χ0n) is 15.5. The van der Waals surface area contributed by atoms with E-state index in [0.29, 0.717) is 0 Å². The van der Waals surface area contributed by atoms with Crippen LogP contribution in [0.25, 0.3) is 0 Å². The van der Waals surface area contributed by atoms with Crippen LogP contribution in [-0.4, -0.2) is 33.7 Å². The largest absolute Gasteiger partial charge is 0.139 e. The molecule has 132 valence electrons. The molecular formula is C24H20Si4. The van der Waals surface area contributed by atoms with E-state index in [1.165, 1.54) is 20.7 Å². The van der Waals surface area contributed by atoms with Gasteiger partial charge < -0.3 is 0 Å². The molecule has 0 saturated heterocycles. The van der Waals surface area contributed by atoms with Crippen LogP contribution in [0.2, 0.25) is 0 Å². The minimum absolute atomic E-state index is 0.723. The molecule has 0 heterocycles. The van der Waals surface area contributed by atoms with Gasteiger partial charge in [-0.15, -0.1) is 0 Å². The molecule has 0 bridgehead atoms. The summed E-state index contributed by atoms with van der Waals surface area (Å²) in [5.74, 6) is 0. The molecule has 0 aliphatic carbocycles. The maximum Gasteiger partial charge on any atom is 0.139 e. The molecule has 0 spiro atoms. The van der Waals surface area contributed by atoms with Gasteiger partial charge in [-0.3, -0.25) is 0 Å². The lowest BCUT2D eigenvalue weighted by atomic mass is 10.3. The van der Waals surface area contributed by atoms with Crippen LogP contribution < -0.4 is 20.7 Å². The van der Waals surface area contributed by atoms with Crippen molar-refractivity contribution in [1.82, 2.24) is 0 Å². The lowest BCUT2D eigenvalue weighted by Crippen LogP contribution is -2.81. The number of hydrogen-bond donors (Lipinski definition) is 0. The van der Waals surface area contributed by atoms with Crippen molar-refractivity contribution in [3.63, 3.8) is 0 Å². The van der Waals surface area contributed by atoms with Crippen LogP contribution in [0.15, 0.2) is 121 Å². The molecule has 4 aromatic carbocycles. The molecule has 0 fully saturated rings. The Hall–Kier alpha value is -2.25. The van der Waals surface area contributed by atoms with Crippen molar-refractivity contribution in [2.24, 2.45) is 0 Å². The molecule has 0 unspecified atom stereocenters. The third-order valence-electron chi connectivity index (χ3n) is 5.18. The summed E-state index contributed by atoms with van der Waals surface area (Å²) in [6.07, 6.45) is 0. The van der Waals surface area contributed by atoms with Gasteiger partial charge >= 0.3 is 0 Å². The fourth-order valence-electron chi connectivity index (χ4n) is 3.98. The maximum absolute atomic E-state index is 4.05. The maximum atomic E-state index is 4.05. The van der Waals surface area contributed by atoms with E-state index >= 15 is 0 Å². The number of rotatable bonds is 6. The molecule has 4 rings (SSSR count). The molecule has 0 N–H and O–H groups in total. The first-order valence-corrected chi connectivity index (χ1v) is 17.4. The molecule has 4 heteroatoms. The van der Waals surface area contributed by atoms with E-state index in [1.807, 2.05) is 0 Å². The van der Waals surface area contributed by atoms with E-state index in [0.717, 1.165) is 8.55 Å². The molecule has 28 heavy (non-hydrogen) atoms. The quantitative estimate of drug-likeness (QED) is 0.330. The van der Waals surface area contributed by atoms with Crippen LogP contribution in [0.5, 0.6) is 0 Å². The minimum atomic E-state index is -2.23. The molecule has 0 aliphatic rings. The second-order valence-corrected chi connectivity index (χ2v) is 21.3. The van der Waals surface area contributed by atoms with Gasteiger partial charge in [0.1, 0.15) is 7.59 Å². The van der Waals surface area contributed by atoms with Crippen molar-refractivity contribution in [3.8, 4) is 0 Å². The zero-order valence-corrected chi connectivity index (χ0v) is 19.5. The average Bonchev–Trinajstić information content (AvgIpc) is 2.80. The Kier molecular flexibility index (Phi) is 6.02. The van der Waals surface area contributed by atoms with Gasteiger partial charge in [-0.2, -0.15) is 0 Å². The Bertz CT molecular complexity index is 893. The highest BCUT2D eigenvalue weighted by Crippen LogP contribution is 2.12. The van der Waals surface area contributed by atoms with Crippen LogP contribution in [0.4, 0.5) is 0 Å². The Labute approximate surface area is 175 Å². The van der Waals surface area contributed by atoms with E-state index in [-0.39, 0.29) is 0 Å². The smallest absolute Gasteiger partial charge is 0.0667 e. The molecule has 0 atom stereocenters. The van der Waals surface area contributed by atoms with Crippen LogP contribution in [0.3, 0.4) is 0 Å². The summed E-state index contributed by atoms with van der Waals surface area (Å²) in [7, 11) is 1.61. The summed E-state index contributed by atoms with van der Waals surface area (Å²) in [5, 5.41) is 5.99. The summed E-state index contributed by atoms with van der Waals surface area (Å²) in [5.41, 5.74) is 0. The molecule has 6 radical (unpaired) electrons. The van der Waals surface area contributed by atoms with Gasteiger partial charge in [0, 0.05) is 18.3 Å². The van der Waals surface area contributed by atoms with Crippen molar-refractivity contribution in [2.75, 3.05) is 0 Å². The normalized spacial score (nSPS) is 11.5. The first-order valence-electron chi connectivity index (χ1n) is 9.39. The van der Waals surface area contributed by atoms with Crippen LogP contribution >= 0.6 is 0 Å². The van der Waals surface area contributed by atoms with Gasteiger partial charge in [-0.25, -0.2) is 0 Å². The first kappa shape index (κ1) is 19.1. The van der Waals surface area contributed by atoms with Gasteiger partial charge in [0.2, 0.25) is 0 Å². The van der Waals surface area contributed by atoms with Crippen molar-refractivity contribution < 1.29 is 0 Å². The Balaban J connectivity index is 2.10. The van der Waals surface area contributed by atoms with Crippen LogP contribution in [-0.2, 0) is 0 Å². The fraction of sp³-hybridized carbons (Fsp3) is 0. The lowest BCUT2D eigenvalue weighted by molar-refractivity contribution is 1.70. The third-order valence-corrected chi connectivity index (χ3v) is 27.0. The molecule has 0 nitrogen and oxygen atoms in total. The summed E-state index contributed by atoms with van der Waals surface area (Å²) < 4.78 is 0. The highest BCUT2D eigenvalue weighted by Gasteiger charge is 2.47. The number of hydrogen-bond acceptors (Lipinski definition) is 0. The van der Waals surface area contributed by atoms with Crippen molar-refractivity contribution in [3.05, 3.63) is 121 Å². The summed E-state index contributed by atoms with van der Waals surface area (Å²) in [6, 6.07) is 44.9. The second-order valence-electron chi connectivity index (χ2n) is 6.71. The first-order chi connectivity index (χ1) is 13.9. The summed E-state index contributed by atoms with van der Waals surface area (Å²) in [4.78, 5) is 0. The number of benzene rings is 4. The molecule has 0 saturated carbocycles. The van der Waals surface area contributed by atoms with Gasteiger partial charge in [0.05, 0.1) is 7.83 Å². The Morgan fingerprint density at radius 2 is 0.821 bits per heavy atom. The van der Waals surface area contributed by atoms with Gasteiger partial charge in [0.25, 0.3) is 0 Å². The fourth-order valence-corrected chi connectivity index (χ4v) is 28.6. The van der Waals surface area contributed by atoms with E-state index in [1.54, 1.807) is 0 Å². The average molecular weight is 421 g/mol. The highest BCUT2D eigenvalue weighted by atomic mass is 29.8. The molecule has 0 aromatic heterocycles. The Morgan fingerprint density at radius 3 is 1.14 bits per heavy atom. The molecule has 0 aliphatic heterocycles. The molecule has 0 amide bonds. The molecule has 4 aromatic rings. The SMILES string of the molecule is [Si][Si][Si](c1ccccc1)[Si](c1ccccc1)(c1ccccc1)c1ccccc1. The zero-order chi connectivity index (χ0) is 19.2. The Morgan fingerprint density at radius 1 is 0.500 bits per heavy atom. The summed E-state index contributed by atoms with van der Waals surface area (Å²) in [6.45, 7) is 0. The van der Waals surface area contributed by atoms with Gasteiger partial charge in [-0.05, 0) is 0 Å². The van der Waals surface area contributed by atoms with E-state index in [2.05, 4.69) is 131 Å². The van der Waals surface area contributed by atoms with Crippen LogP contribution in [0.1, 0.15) is 0 Å². The van der Waals surface area contributed by atoms with Crippen molar-refractivity contribution in [2.45, 2.75) is 0 Å². The van der Waals surface area contributed by atoms with Crippen LogP contribution in [0, 0.1) is 0 Å². The van der Waals surface area contributed by atoms with E-state index in [9.17, 15) is 0 Å². The standard InChI is InChI=1S/C24H20Si4/c25-26-27(21-13-5-1-6-14-21)28(22-15-7-2-8-16-22,23-17-9-3-10-18-23)24-19-11-4-12-20-24/h1-20H. The van der Waals surface area contributed by atoms with Gasteiger partial charge in [0.15, 0.2) is 0 Å². The van der Waals surface area contributed by atoms with E-state index in [4.69, 9.17) is 0 Å². The predicted molar refractivity (Wildman–Crippen MR) is 127 cm³/mol. The van der Waals surface area contributed by atoms with Crippen molar-refractivity contribution >= 4 is 54.5 Å². The predicted octanol–water partition coefficient (Wildman–Crippen LogP) is 1.92. The second kappa shape index (κ2) is 8.83. The minimum Gasteiger partial charge on any atom is -0.0667 e. The lowest BCUT2D eigenvalue weighted by Gasteiger charge is -2.40. The third kappa shape index (κ3) is 3.44. The topological polar surface area (TPSA) is 0 Å². The molecular weight excluding hydrogens is 401 g/mol. The van der Waals surface area contributed by atoms with Gasteiger partial charge in [-0.1, -0.05) is 142 Å². The monoisotopic (exact) mass is 420 g/mol. The summed E-state index contributed by atoms with van der Waals surface area (Å²) >= 11 is 0. The van der Waals surface area contributed by atoms with E-state index < -0.39 is 15.4 Å². The highest BCUT2D eigenvalue weighted by molar-refractivity contribution is 7.71. The van der Waals surface area contributed by atoms with Crippen molar-refractivity contribution in [1.29, 1.82) is 0 Å².